The molecule has 0 aromatic carbocycles. The van der Waals surface area contributed by atoms with E-state index < -0.39 is 24.5 Å². The van der Waals surface area contributed by atoms with E-state index in [1.165, 1.54) is 0 Å². The SMILES string of the molecule is CCCN(CC(F)(F)F)C(=O)C1COCC1NC. The van der Waals surface area contributed by atoms with Crippen molar-refractivity contribution in [1.82, 2.24) is 10.2 Å². The molecule has 0 aromatic heterocycles. The number of carbonyl (C=O) groups excluding carboxylic acids is 1. The lowest BCUT2D eigenvalue weighted by molar-refractivity contribution is -0.164. The molecule has 0 aromatic rings. The quantitative estimate of drug-likeness (QED) is 0.809. The summed E-state index contributed by atoms with van der Waals surface area (Å²) in [5.74, 6) is -1.00. The zero-order valence-electron chi connectivity index (χ0n) is 10.6. The van der Waals surface area contributed by atoms with Gasteiger partial charge in [-0.2, -0.15) is 13.2 Å². The number of nitrogens with zero attached hydrogens (tertiary/aromatic N) is 1. The van der Waals surface area contributed by atoms with Gasteiger partial charge in [-0.15, -0.1) is 0 Å². The second-order valence-electron chi connectivity index (χ2n) is 4.41. The molecule has 7 heteroatoms. The van der Waals surface area contributed by atoms with E-state index in [9.17, 15) is 18.0 Å². The minimum atomic E-state index is -4.36. The van der Waals surface area contributed by atoms with Crippen LogP contribution < -0.4 is 5.32 Å². The monoisotopic (exact) mass is 268 g/mol. The largest absolute Gasteiger partial charge is 0.406 e. The lowest BCUT2D eigenvalue weighted by Crippen LogP contribution is -2.47. The first-order valence-corrected chi connectivity index (χ1v) is 5.99. The highest BCUT2D eigenvalue weighted by molar-refractivity contribution is 5.80. The van der Waals surface area contributed by atoms with Crippen LogP contribution in [0.3, 0.4) is 0 Å². The molecule has 2 atom stereocenters. The molecule has 1 heterocycles. The molecule has 18 heavy (non-hydrogen) atoms. The van der Waals surface area contributed by atoms with Gasteiger partial charge < -0.3 is 15.0 Å². The number of alkyl halides is 3. The van der Waals surface area contributed by atoms with E-state index in [0.29, 0.717) is 13.0 Å². The summed E-state index contributed by atoms with van der Waals surface area (Å²) in [4.78, 5) is 13.0. The predicted molar refractivity (Wildman–Crippen MR) is 60.1 cm³/mol. The first kappa shape index (κ1) is 15.2. The fourth-order valence-electron chi connectivity index (χ4n) is 2.07. The van der Waals surface area contributed by atoms with Crippen molar-refractivity contribution in [2.75, 3.05) is 33.4 Å². The maximum Gasteiger partial charge on any atom is 0.406 e. The number of halogens is 3. The third-order valence-corrected chi connectivity index (χ3v) is 2.94. The summed E-state index contributed by atoms with van der Waals surface area (Å²) >= 11 is 0. The Hall–Kier alpha value is -0.820. The van der Waals surface area contributed by atoms with Gasteiger partial charge in [-0.1, -0.05) is 6.92 Å². The molecule has 0 spiro atoms. The highest BCUT2D eigenvalue weighted by Gasteiger charge is 2.39. The van der Waals surface area contributed by atoms with E-state index in [-0.39, 0.29) is 19.2 Å². The van der Waals surface area contributed by atoms with Gasteiger partial charge in [0.1, 0.15) is 6.54 Å². The molecule has 0 saturated carbocycles. The van der Waals surface area contributed by atoms with Crippen molar-refractivity contribution in [3.8, 4) is 0 Å². The van der Waals surface area contributed by atoms with E-state index in [1.54, 1.807) is 14.0 Å². The topological polar surface area (TPSA) is 41.6 Å². The Morgan fingerprint density at radius 1 is 1.44 bits per heavy atom. The molecule has 1 rings (SSSR count). The molecule has 4 nitrogen and oxygen atoms in total. The number of rotatable bonds is 5. The van der Waals surface area contributed by atoms with Crippen LogP contribution in [0, 0.1) is 5.92 Å². The zero-order valence-corrected chi connectivity index (χ0v) is 10.6. The van der Waals surface area contributed by atoms with Crippen LogP contribution in [-0.4, -0.2) is 56.4 Å². The van der Waals surface area contributed by atoms with Crippen molar-refractivity contribution in [2.24, 2.45) is 5.92 Å². The van der Waals surface area contributed by atoms with Gasteiger partial charge >= 0.3 is 6.18 Å². The zero-order chi connectivity index (χ0) is 13.8. The van der Waals surface area contributed by atoms with E-state index in [2.05, 4.69) is 5.32 Å². The number of ether oxygens (including phenoxy) is 1. The maximum absolute atomic E-state index is 12.4. The second kappa shape index (κ2) is 6.38. The summed E-state index contributed by atoms with van der Waals surface area (Å²) < 4.78 is 42.4. The summed E-state index contributed by atoms with van der Waals surface area (Å²) in [6.45, 7) is 1.22. The van der Waals surface area contributed by atoms with Gasteiger partial charge in [0.2, 0.25) is 5.91 Å². The van der Waals surface area contributed by atoms with Crippen LogP contribution in [0.4, 0.5) is 13.2 Å². The van der Waals surface area contributed by atoms with E-state index in [1.807, 2.05) is 0 Å². The van der Waals surface area contributed by atoms with E-state index >= 15 is 0 Å². The molecule has 106 valence electrons. The molecule has 1 aliphatic heterocycles. The van der Waals surface area contributed by atoms with Crippen molar-refractivity contribution in [3.63, 3.8) is 0 Å². The van der Waals surface area contributed by atoms with Crippen LogP contribution in [0.1, 0.15) is 13.3 Å². The standard InChI is InChI=1S/C11H19F3N2O2/c1-3-4-16(7-11(12,13)14)10(17)8-5-18-6-9(8)15-2/h8-9,15H,3-7H2,1-2H3. The number of amides is 1. The molecular weight excluding hydrogens is 249 g/mol. The molecular formula is C11H19F3N2O2. The van der Waals surface area contributed by atoms with Gasteiger partial charge in [0, 0.05) is 12.6 Å². The maximum atomic E-state index is 12.4. The van der Waals surface area contributed by atoms with Crippen LogP contribution in [0.15, 0.2) is 0 Å². The van der Waals surface area contributed by atoms with Gasteiger partial charge in [-0.25, -0.2) is 0 Å². The summed E-state index contributed by atoms with van der Waals surface area (Å²) in [5.41, 5.74) is 0. The number of likely N-dealkylation sites (N-methyl/N-ethyl adjacent to an activating group) is 1. The highest BCUT2D eigenvalue weighted by atomic mass is 19.4. The normalized spacial score (nSPS) is 24.3. The Bertz CT molecular complexity index is 284. The minimum Gasteiger partial charge on any atom is -0.379 e. The molecule has 0 radical (unpaired) electrons. The number of nitrogens with one attached hydrogen (secondary N) is 1. The predicted octanol–water partition coefficient (Wildman–Crippen LogP) is 1.02. The molecule has 1 amide bonds. The number of hydrogen-bond donors (Lipinski definition) is 1. The van der Waals surface area contributed by atoms with Gasteiger partial charge in [0.25, 0.3) is 0 Å². The van der Waals surface area contributed by atoms with Crippen LogP contribution in [0.5, 0.6) is 0 Å². The van der Waals surface area contributed by atoms with Gasteiger partial charge in [-0.3, -0.25) is 4.79 Å². The Morgan fingerprint density at radius 3 is 2.61 bits per heavy atom. The molecule has 2 unspecified atom stereocenters. The van der Waals surface area contributed by atoms with Gasteiger partial charge in [0.05, 0.1) is 19.1 Å². The fraction of sp³-hybridized carbons (Fsp3) is 0.909. The first-order chi connectivity index (χ1) is 8.39. The molecule has 0 aliphatic carbocycles. The van der Waals surface area contributed by atoms with Crippen LogP contribution in [-0.2, 0) is 9.53 Å². The number of carbonyl (C=O) groups is 1. The lowest BCUT2D eigenvalue weighted by Gasteiger charge is -2.27. The van der Waals surface area contributed by atoms with Crippen molar-refractivity contribution in [2.45, 2.75) is 25.6 Å². The van der Waals surface area contributed by atoms with Gasteiger partial charge in [-0.05, 0) is 13.5 Å². The fourth-order valence-corrected chi connectivity index (χ4v) is 2.07. The Kier molecular flexibility index (Phi) is 5.40. The summed E-state index contributed by atoms with van der Waals surface area (Å²) in [7, 11) is 1.67. The van der Waals surface area contributed by atoms with Crippen LogP contribution in [0.25, 0.3) is 0 Å². The van der Waals surface area contributed by atoms with Crippen molar-refractivity contribution in [1.29, 1.82) is 0 Å². The summed E-state index contributed by atoms with van der Waals surface area (Å²) in [6.07, 6.45) is -3.86. The average Bonchev–Trinajstić information content (AvgIpc) is 2.73. The van der Waals surface area contributed by atoms with Crippen molar-refractivity contribution >= 4 is 5.91 Å². The second-order valence-corrected chi connectivity index (χ2v) is 4.41. The molecule has 1 aliphatic rings. The molecule has 1 saturated heterocycles. The number of hydrogen-bond acceptors (Lipinski definition) is 3. The highest BCUT2D eigenvalue weighted by Crippen LogP contribution is 2.21. The molecule has 1 fully saturated rings. The Labute approximate surface area is 104 Å². The average molecular weight is 268 g/mol. The molecule has 1 N–H and O–H groups in total. The Morgan fingerprint density at radius 2 is 2.11 bits per heavy atom. The summed E-state index contributed by atoms with van der Waals surface area (Å²) in [5, 5.41) is 2.90. The van der Waals surface area contributed by atoms with Gasteiger partial charge in [0.15, 0.2) is 0 Å². The third kappa shape index (κ3) is 4.13. The first-order valence-electron chi connectivity index (χ1n) is 5.99. The van der Waals surface area contributed by atoms with Crippen LogP contribution in [0.2, 0.25) is 0 Å². The summed E-state index contributed by atoms with van der Waals surface area (Å²) in [6, 6.07) is -0.204. The van der Waals surface area contributed by atoms with Crippen molar-refractivity contribution < 1.29 is 22.7 Å². The molecule has 0 bridgehead atoms. The van der Waals surface area contributed by atoms with E-state index in [4.69, 9.17) is 4.74 Å². The Balaban J connectivity index is 2.69. The minimum absolute atomic E-state index is 0.116. The smallest absolute Gasteiger partial charge is 0.379 e. The van der Waals surface area contributed by atoms with Crippen LogP contribution >= 0.6 is 0 Å². The van der Waals surface area contributed by atoms with E-state index in [0.717, 1.165) is 4.90 Å². The van der Waals surface area contributed by atoms with Crippen molar-refractivity contribution in [3.05, 3.63) is 0 Å². The third-order valence-electron chi connectivity index (χ3n) is 2.94. The lowest BCUT2D eigenvalue weighted by atomic mass is 10.0.